The topological polar surface area (TPSA) is 24.1 Å². The molecule has 0 unspecified atom stereocenters. The van der Waals surface area contributed by atoms with Gasteiger partial charge in [0.2, 0.25) is 0 Å². The van der Waals surface area contributed by atoms with Crippen molar-refractivity contribution in [1.29, 1.82) is 0 Å². The van der Waals surface area contributed by atoms with Gasteiger partial charge < -0.3 is 10.6 Å². The molecule has 1 fully saturated rings. The maximum Gasteiger partial charge on any atom is 0.00767 e. The fourth-order valence-corrected chi connectivity index (χ4v) is 0.765. The molecule has 0 spiro atoms. The van der Waals surface area contributed by atoms with Gasteiger partial charge in [0.15, 0.2) is 0 Å². The Morgan fingerprint density at radius 3 is 1.50 bits per heavy atom. The fourth-order valence-electron chi connectivity index (χ4n) is 0.765. The summed E-state index contributed by atoms with van der Waals surface area (Å²) in [6.45, 7) is 4.65. The van der Waals surface area contributed by atoms with E-state index in [1.165, 1.54) is 19.5 Å². The van der Waals surface area contributed by atoms with Crippen molar-refractivity contribution in [3.05, 3.63) is 0 Å². The summed E-state index contributed by atoms with van der Waals surface area (Å²) in [5.41, 5.74) is 0. The average molecular weight is 189 g/mol. The van der Waals surface area contributed by atoms with Gasteiger partial charge in [0.25, 0.3) is 0 Å². The monoisotopic (exact) mass is 188 g/mol. The lowest BCUT2D eigenvalue weighted by Gasteiger charge is -1.92. The predicted molar refractivity (Wildman–Crippen MR) is 51.6 cm³/mol. The van der Waals surface area contributed by atoms with Crippen molar-refractivity contribution >= 4 is 24.8 Å². The first-order chi connectivity index (χ1) is 3.50. The smallest absolute Gasteiger partial charge is 0.00767 e. The first kappa shape index (κ1) is 16.8. The van der Waals surface area contributed by atoms with Crippen LogP contribution in [0.25, 0.3) is 0 Å². The molecule has 0 amide bonds. The van der Waals surface area contributed by atoms with E-state index >= 15 is 0 Å². The summed E-state index contributed by atoms with van der Waals surface area (Å²) in [6, 6.07) is 0. The minimum absolute atomic E-state index is 0. The second-order valence-corrected chi connectivity index (χ2v) is 1.85. The quantitative estimate of drug-likeness (QED) is 0.595. The Hall–Kier alpha value is 0.500. The molecule has 4 heteroatoms. The first-order valence-electron chi connectivity index (χ1n) is 2.91. The van der Waals surface area contributed by atoms with Crippen LogP contribution in [-0.2, 0) is 0 Å². The van der Waals surface area contributed by atoms with Gasteiger partial charge in [-0.1, -0.05) is 7.43 Å². The molecule has 0 aromatic carbocycles. The molecule has 2 N–H and O–H groups in total. The van der Waals surface area contributed by atoms with Gasteiger partial charge in [-0.05, 0) is 19.5 Å². The lowest BCUT2D eigenvalue weighted by atomic mass is 10.4. The van der Waals surface area contributed by atoms with Crippen LogP contribution in [0.5, 0.6) is 0 Å². The molecule has 1 saturated heterocycles. The van der Waals surface area contributed by atoms with Crippen LogP contribution in [0.15, 0.2) is 0 Å². The summed E-state index contributed by atoms with van der Waals surface area (Å²) in [5, 5.41) is 6.57. The maximum absolute atomic E-state index is 3.28. The predicted octanol–water partition coefficient (Wildman–Crippen LogP) is 1.05. The van der Waals surface area contributed by atoms with Crippen molar-refractivity contribution in [2.24, 2.45) is 0 Å². The highest BCUT2D eigenvalue weighted by Gasteiger charge is 1.92. The maximum atomic E-state index is 3.28. The molecule has 10 heavy (non-hydrogen) atoms. The summed E-state index contributed by atoms with van der Waals surface area (Å²) < 4.78 is 0. The third kappa shape index (κ3) is 8.50. The highest BCUT2D eigenvalue weighted by molar-refractivity contribution is 5.85. The molecule has 0 saturated carbocycles. The standard InChI is InChI=1S/C5H12N2.CH4.2ClH/c1-2-6-4-5-7-3-1;;;/h6-7H,1-5H2;1H4;2*1H. The number of halogens is 2. The van der Waals surface area contributed by atoms with Gasteiger partial charge in [-0.25, -0.2) is 0 Å². The molecule has 1 aliphatic rings. The van der Waals surface area contributed by atoms with E-state index in [1.54, 1.807) is 0 Å². The van der Waals surface area contributed by atoms with Gasteiger partial charge in [-0.15, -0.1) is 24.8 Å². The molecule has 0 aromatic rings. The molecule has 1 aliphatic heterocycles. The normalized spacial score (nSPS) is 16.8. The van der Waals surface area contributed by atoms with Crippen LogP contribution in [0.4, 0.5) is 0 Å². The van der Waals surface area contributed by atoms with Crippen molar-refractivity contribution in [1.82, 2.24) is 10.6 Å². The Morgan fingerprint density at radius 2 is 1.10 bits per heavy atom. The molecule has 0 atom stereocenters. The summed E-state index contributed by atoms with van der Waals surface area (Å²) in [6.07, 6.45) is 1.28. The molecule has 2 nitrogen and oxygen atoms in total. The molecular formula is C6H18Cl2N2. The van der Waals surface area contributed by atoms with Crippen LogP contribution in [0.2, 0.25) is 0 Å². The summed E-state index contributed by atoms with van der Waals surface area (Å²) >= 11 is 0. The van der Waals surface area contributed by atoms with Gasteiger partial charge in [-0.3, -0.25) is 0 Å². The van der Waals surface area contributed by atoms with E-state index in [4.69, 9.17) is 0 Å². The molecular weight excluding hydrogens is 171 g/mol. The zero-order valence-electron chi connectivity index (χ0n) is 5.35. The van der Waals surface area contributed by atoms with E-state index in [9.17, 15) is 0 Å². The molecule has 0 radical (unpaired) electrons. The second kappa shape index (κ2) is 12.2. The van der Waals surface area contributed by atoms with Crippen LogP contribution in [0.1, 0.15) is 13.8 Å². The van der Waals surface area contributed by atoms with Gasteiger partial charge in [0.1, 0.15) is 0 Å². The second-order valence-electron chi connectivity index (χ2n) is 1.85. The zero-order chi connectivity index (χ0) is 4.95. The first-order valence-corrected chi connectivity index (χ1v) is 2.91. The van der Waals surface area contributed by atoms with Crippen LogP contribution in [0, 0.1) is 0 Å². The van der Waals surface area contributed by atoms with E-state index in [2.05, 4.69) is 10.6 Å². The summed E-state index contributed by atoms with van der Waals surface area (Å²) in [5.74, 6) is 0. The lowest BCUT2D eigenvalue weighted by molar-refractivity contribution is 0.718. The highest BCUT2D eigenvalue weighted by Crippen LogP contribution is 1.75. The summed E-state index contributed by atoms with van der Waals surface area (Å²) in [7, 11) is 0. The fraction of sp³-hybridized carbons (Fsp3) is 1.00. The van der Waals surface area contributed by atoms with E-state index in [-0.39, 0.29) is 32.2 Å². The molecule has 1 heterocycles. The van der Waals surface area contributed by atoms with Crippen LogP contribution >= 0.6 is 24.8 Å². The largest absolute Gasteiger partial charge is 0.315 e. The molecule has 0 aliphatic carbocycles. The average Bonchev–Trinajstić information content (AvgIpc) is 1.90. The van der Waals surface area contributed by atoms with Crippen molar-refractivity contribution in [2.45, 2.75) is 13.8 Å². The molecule has 1 rings (SSSR count). The van der Waals surface area contributed by atoms with Crippen molar-refractivity contribution < 1.29 is 0 Å². The van der Waals surface area contributed by atoms with Crippen molar-refractivity contribution in [3.63, 3.8) is 0 Å². The van der Waals surface area contributed by atoms with Crippen LogP contribution in [-0.4, -0.2) is 26.2 Å². The summed E-state index contributed by atoms with van der Waals surface area (Å²) in [4.78, 5) is 0. The number of hydrogen-bond acceptors (Lipinski definition) is 2. The van der Waals surface area contributed by atoms with Crippen LogP contribution in [0.3, 0.4) is 0 Å². The Labute approximate surface area is 76.0 Å². The minimum Gasteiger partial charge on any atom is -0.315 e. The third-order valence-electron chi connectivity index (χ3n) is 1.19. The van der Waals surface area contributed by atoms with E-state index < -0.39 is 0 Å². The Kier molecular flexibility index (Phi) is 20.6. The van der Waals surface area contributed by atoms with Gasteiger partial charge in [0, 0.05) is 13.1 Å². The Morgan fingerprint density at radius 1 is 0.700 bits per heavy atom. The SMILES string of the molecule is C.C1CNCCNC1.Cl.Cl. The molecule has 0 aromatic heterocycles. The van der Waals surface area contributed by atoms with E-state index in [0.717, 1.165) is 13.1 Å². The Bertz CT molecular complexity index is 33.4. The Balaban J connectivity index is -0.000000163. The van der Waals surface area contributed by atoms with Gasteiger partial charge in [0.05, 0.1) is 0 Å². The van der Waals surface area contributed by atoms with Crippen LogP contribution < -0.4 is 10.6 Å². The molecule has 0 bridgehead atoms. The van der Waals surface area contributed by atoms with E-state index in [0.29, 0.717) is 0 Å². The van der Waals surface area contributed by atoms with Gasteiger partial charge in [-0.2, -0.15) is 0 Å². The lowest BCUT2D eigenvalue weighted by Crippen LogP contribution is -2.21. The van der Waals surface area contributed by atoms with Crippen molar-refractivity contribution in [3.8, 4) is 0 Å². The number of nitrogens with one attached hydrogen (secondary N) is 2. The number of rotatable bonds is 0. The van der Waals surface area contributed by atoms with E-state index in [1.807, 2.05) is 0 Å². The van der Waals surface area contributed by atoms with Gasteiger partial charge >= 0.3 is 0 Å². The minimum atomic E-state index is 0. The third-order valence-corrected chi connectivity index (χ3v) is 1.19. The highest BCUT2D eigenvalue weighted by atomic mass is 35.5. The number of hydrogen-bond donors (Lipinski definition) is 2. The zero-order valence-corrected chi connectivity index (χ0v) is 6.99. The van der Waals surface area contributed by atoms with Crippen molar-refractivity contribution in [2.75, 3.05) is 26.2 Å². The molecule has 66 valence electrons.